The van der Waals surface area contributed by atoms with Gasteiger partial charge in [-0.3, -0.25) is 14.5 Å². The van der Waals surface area contributed by atoms with E-state index in [-0.39, 0.29) is 28.8 Å². The van der Waals surface area contributed by atoms with E-state index in [1.54, 1.807) is 0 Å². The number of hydrogen-bond acceptors (Lipinski definition) is 11. The number of amides is 2. The molecule has 2 aliphatic rings. The van der Waals surface area contributed by atoms with E-state index in [1.165, 1.54) is 35.9 Å². The number of anilines is 1. The first-order valence-electron chi connectivity index (χ1n) is 14.0. The quantitative estimate of drug-likeness (QED) is 0.0566. The van der Waals surface area contributed by atoms with Crippen molar-refractivity contribution in [1.82, 2.24) is 25.1 Å². The number of aliphatic carboxylic acids is 2. The molecule has 0 unspecified atom stereocenters. The molecule has 0 saturated carbocycles. The highest BCUT2D eigenvalue weighted by Gasteiger charge is 2.55. The van der Waals surface area contributed by atoms with Gasteiger partial charge in [-0.05, 0) is 39.9 Å². The molecule has 0 radical (unpaired) electrons. The molecule has 0 aliphatic carbocycles. The molecule has 3 aromatic heterocycles. The number of aromatic nitrogens is 3. The largest absolute Gasteiger partial charge is 0.478 e. The van der Waals surface area contributed by atoms with E-state index in [2.05, 4.69) is 25.3 Å². The van der Waals surface area contributed by atoms with E-state index >= 15 is 0 Å². The van der Waals surface area contributed by atoms with Crippen LogP contribution < -0.4 is 20.9 Å². The monoisotopic (exact) mass is 657 g/mol. The Morgan fingerprint density at radius 3 is 2.73 bits per heavy atom. The summed E-state index contributed by atoms with van der Waals surface area (Å²) in [5.74, 6) is -3.69. The fourth-order valence-corrected chi connectivity index (χ4v) is 6.88. The number of hydrogen-bond donors (Lipinski definition) is 5. The fraction of sp³-hybridized carbons (Fsp3) is 0.393. The number of carboxylic acid groups (broad SMARTS) is 2. The zero-order valence-electron chi connectivity index (χ0n) is 24.7. The van der Waals surface area contributed by atoms with E-state index in [9.17, 15) is 29.4 Å². The molecule has 238 valence electrons. The van der Waals surface area contributed by atoms with Gasteiger partial charge in [0.2, 0.25) is 11.1 Å². The van der Waals surface area contributed by atoms with E-state index in [0.29, 0.717) is 11.3 Å². The smallest absolute Gasteiger partial charge is 0.352 e. The molecule has 5 rings (SSSR count). The topological polar surface area (TPSA) is 205 Å². The molecule has 17 heteroatoms. The number of carbonyl (C=O) groups excluding carboxylic acids is 2. The van der Waals surface area contributed by atoms with Crippen molar-refractivity contribution in [3.05, 3.63) is 52.9 Å². The van der Waals surface area contributed by atoms with Crippen LogP contribution in [0.3, 0.4) is 0 Å². The minimum atomic E-state index is -1.76. The Labute approximate surface area is 265 Å². The number of nitrogen functional groups attached to an aromatic ring is 1. The maximum Gasteiger partial charge on any atom is 0.352 e. The van der Waals surface area contributed by atoms with Gasteiger partial charge in [-0.15, -0.1) is 23.1 Å². The van der Waals surface area contributed by atoms with Crippen LogP contribution in [0.25, 0.3) is 11.0 Å². The number of aryl methyl sites for hydroxylation is 1. The van der Waals surface area contributed by atoms with Gasteiger partial charge >= 0.3 is 11.9 Å². The van der Waals surface area contributed by atoms with E-state index in [1.807, 2.05) is 42.2 Å². The van der Waals surface area contributed by atoms with Gasteiger partial charge < -0.3 is 36.0 Å². The number of thiazole rings is 1. The van der Waals surface area contributed by atoms with Crippen molar-refractivity contribution >= 4 is 68.7 Å². The van der Waals surface area contributed by atoms with Crippen LogP contribution in [0.2, 0.25) is 0 Å². The highest BCUT2D eigenvalue weighted by atomic mass is 32.2. The zero-order valence-corrected chi connectivity index (χ0v) is 26.4. The number of oxime groups is 1. The Kier molecular flexibility index (Phi) is 9.13. The number of nitrogens with two attached hydrogens (primary N) is 1. The SMILES string of the molecule is CNCCCn1ccc2c1ccc[n+]2CC1=C(C(=O)O)N2C(=O)[C@@H](NC(=O)/C(=N\OC(C)(C)C(=O)O)c3csc(N)n3)[C@H]2SC1. The van der Waals surface area contributed by atoms with Gasteiger partial charge in [-0.1, -0.05) is 5.16 Å². The second kappa shape index (κ2) is 12.9. The molecule has 0 spiro atoms. The number of fused-ring (bicyclic) bond motifs is 2. The van der Waals surface area contributed by atoms with Crippen molar-refractivity contribution in [2.24, 2.45) is 5.16 Å². The summed E-state index contributed by atoms with van der Waals surface area (Å²) < 4.78 is 4.12. The van der Waals surface area contributed by atoms with Gasteiger partial charge in [0, 0.05) is 41.6 Å². The van der Waals surface area contributed by atoms with Crippen molar-refractivity contribution in [1.29, 1.82) is 0 Å². The number of carbonyl (C=O) groups is 4. The Balaban J connectivity index is 1.36. The summed E-state index contributed by atoms with van der Waals surface area (Å²) in [5, 5.41) is 30.0. The number of nitrogens with one attached hydrogen (secondary N) is 2. The Hall–Kier alpha value is -4.48. The van der Waals surface area contributed by atoms with E-state index < -0.39 is 40.8 Å². The van der Waals surface area contributed by atoms with Crippen LogP contribution in [0.1, 0.15) is 26.0 Å². The standard InChI is InChI=1S/C28H32N8O7S2/c1-28(2,26(41)42)43-33-19(16-14-45-27(29)31-16)22(37)32-20-23(38)36-21(25(39)40)15(13-44-24(20)36)12-35-9-4-6-17-18(35)7-11-34(17)10-5-8-30-3/h4,6-7,9,11,14,20,24,30H,5,8,10,12-13H2,1-3H3,(H4-,29,31,32,37,39,40,41,42)/p+1/b33-19-/t20-,24-/m1/s1. The lowest BCUT2D eigenvalue weighted by atomic mass is 10.0. The summed E-state index contributed by atoms with van der Waals surface area (Å²) in [5.41, 5.74) is 6.03. The molecule has 1 fully saturated rings. The lowest BCUT2D eigenvalue weighted by Gasteiger charge is -2.49. The van der Waals surface area contributed by atoms with Crippen molar-refractivity contribution in [2.75, 3.05) is 25.1 Å². The van der Waals surface area contributed by atoms with Crippen molar-refractivity contribution in [3.63, 3.8) is 0 Å². The molecule has 15 nitrogen and oxygen atoms in total. The lowest BCUT2D eigenvalue weighted by Crippen LogP contribution is -2.71. The van der Waals surface area contributed by atoms with Gasteiger partial charge in [0.15, 0.2) is 23.6 Å². The number of nitrogens with zero attached hydrogens (tertiary/aromatic N) is 5. The second-order valence-electron chi connectivity index (χ2n) is 10.9. The molecular weight excluding hydrogens is 624 g/mol. The second-order valence-corrected chi connectivity index (χ2v) is 12.9. The third-order valence-electron chi connectivity index (χ3n) is 7.40. The summed E-state index contributed by atoms with van der Waals surface area (Å²) >= 11 is 2.37. The third kappa shape index (κ3) is 6.36. The molecular formula is C28H33N8O7S2+. The maximum atomic E-state index is 13.4. The van der Waals surface area contributed by atoms with Crippen molar-refractivity contribution < 1.29 is 38.8 Å². The van der Waals surface area contributed by atoms with E-state index in [4.69, 9.17) is 10.6 Å². The minimum Gasteiger partial charge on any atom is -0.478 e. The molecule has 0 aromatic carbocycles. The molecule has 2 atom stereocenters. The summed E-state index contributed by atoms with van der Waals surface area (Å²) in [6.07, 6.45) is 4.84. The first-order chi connectivity index (χ1) is 21.4. The highest BCUT2D eigenvalue weighted by Crippen LogP contribution is 2.40. The highest BCUT2D eigenvalue weighted by molar-refractivity contribution is 8.00. The van der Waals surface area contributed by atoms with Crippen LogP contribution in [0.4, 0.5) is 5.13 Å². The molecule has 2 aliphatic heterocycles. The first kappa shape index (κ1) is 31.9. The van der Waals surface area contributed by atoms with Crippen molar-refractivity contribution in [2.45, 2.75) is 50.4 Å². The van der Waals surface area contributed by atoms with Crippen LogP contribution >= 0.6 is 23.1 Å². The van der Waals surface area contributed by atoms with Gasteiger partial charge in [-0.25, -0.2) is 14.6 Å². The van der Waals surface area contributed by atoms with Gasteiger partial charge in [0.1, 0.15) is 28.3 Å². The van der Waals surface area contributed by atoms with Gasteiger partial charge in [0.25, 0.3) is 11.8 Å². The van der Waals surface area contributed by atoms with Crippen LogP contribution in [0.15, 0.2) is 52.4 Å². The summed E-state index contributed by atoms with van der Waals surface area (Å²) in [6, 6.07) is 4.86. The fourth-order valence-electron chi connectivity index (χ4n) is 4.99. The summed E-state index contributed by atoms with van der Waals surface area (Å²) in [6.45, 7) is 4.49. The van der Waals surface area contributed by atoms with Crippen LogP contribution in [-0.2, 0) is 37.1 Å². The molecule has 1 saturated heterocycles. The van der Waals surface area contributed by atoms with E-state index in [0.717, 1.165) is 41.9 Å². The molecule has 5 heterocycles. The lowest BCUT2D eigenvalue weighted by molar-refractivity contribution is -0.663. The minimum absolute atomic E-state index is 0.0339. The molecule has 0 bridgehead atoms. The molecule has 2 amide bonds. The van der Waals surface area contributed by atoms with Gasteiger partial charge in [0.05, 0.1) is 0 Å². The average molecular weight is 658 g/mol. The molecule has 45 heavy (non-hydrogen) atoms. The number of pyridine rings is 1. The van der Waals surface area contributed by atoms with Gasteiger partial charge in [-0.2, -0.15) is 4.57 Å². The Morgan fingerprint density at radius 2 is 2.07 bits per heavy atom. The summed E-state index contributed by atoms with van der Waals surface area (Å²) in [7, 11) is 1.91. The van der Waals surface area contributed by atoms with Crippen molar-refractivity contribution in [3.8, 4) is 0 Å². The predicted octanol–water partition coefficient (Wildman–Crippen LogP) is 0.600. The maximum absolute atomic E-state index is 13.4. The number of carboxylic acids is 2. The third-order valence-corrected chi connectivity index (χ3v) is 9.41. The number of thioether (sulfide) groups is 1. The molecule has 6 N–H and O–H groups in total. The normalized spacial score (nSPS) is 18.5. The number of rotatable bonds is 13. The summed E-state index contributed by atoms with van der Waals surface area (Å²) in [4.78, 5) is 61.0. The zero-order chi connectivity index (χ0) is 32.5. The van der Waals surface area contributed by atoms with Crippen LogP contribution in [0.5, 0.6) is 0 Å². The van der Waals surface area contributed by atoms with Crippen LogP contribution in [-0.4, -0.2) is 90.5 Å². The van der Waals surface area contributed by atoms with Crippen LogP contribution in [0, 0.1) is 0 Å². The Bertz CT molecular complexity index is 1730. The number of β-lactam (4-membered cyclic amide) rings is 1. The predicted molar refractivity (Wildman–Crippen MR) is 166 cm³/mol. The first-order valence-corrected chi connectivity index (χ1v) is 15.9. The molecule has 3 aromatic rings. The Morgan fingerprint density at radius 1 is 1.29 bits per heavy atom. The average Bonchev–Trinajstić information content (AvgIpc) is 3.62.